The summed E-state index contributed by atoms with van der Waals surface area (Å²) in [4.78, 5) is 6.87. The first kappa shape index (κ1) is 16.1. The molecule has 0 aliphatic rings. The van der Waals surface area contributed by atoms with Crippen molar-refractivity contribution in [2.24, 2.45) is 0 Å². The van der Waals surface area contributed by atoms with Gasteiger partial charge in [0.25, 0.3) is 0 Å². The first-order valence-electron chi connectivity index (χ1n) is 7.24. The summed E-state index contributed by atoms with van der Waals surface area (Å²) in [6.45, 7) is 4.04. The molecule has 0 atom stereocenters. The predicted molar refractivity (Wildman–Crippen MR) is 104 cm³/mol. The standard InChI is InChI=1S/C18H12F2S4/c1-9-3-5-13(21-9)15-7-11(19)17(23-15)18-12(20)8-16(24-18)14-6-4-10(2)22-14/h3-8H,1-2H3. The second-order valence-corrected chi connectivity index (χ2v) is 10.1. The Labute approximate surface area is 154 Å². The zero-order chi connectivity index (χ0) is 16.8. The highest BCUT2D eigenvalue weighted by Crippen LogP contribution is 2.45. The molecule has 0 fully saturated rings. The molecule has 4 heterocycles. The monoisotopic (exact) mass is 394 g/mol. The zero-order valence-corrected chi connectivity index (χ0v) is 16.1. The van der Waals surface area contributed by atoms with Crippen LogP contribution in [0.15, 0.2) is 36.4 Å². The van der Waals surface area contributed by atoms with Gasteiger partial charge in [-0.15, -0.1) is 45.3 Å². The third-order valence-electron chi connectivity index (χ3n) is 3.55. The van der Waals surface area contributed by atoms with E-state index in [2.05, 4.69) is 0 Å². The van der Waals surface area contributed by atoms with Crippen LogP contribution in [0.5, 0.6) is 0 Å². The lowest BCUT2D eigenvalue weighted by molar-refractivity contribution is 0.624. The average molecular weight is 395 g/mol. The lowest BCUT2D eigenvalue weighted by Crippen LogP contribution is -1.74. The van der Waals surface area contributed by atoms with Crippen LogP contribution in [-0.4, -0.2) is 0 Å². The second-order valence-electron chi connectivity index (χ2n) is 5.40. The van der Waals surface area contributed by atoms with Crippen LogP contribution in [0.1, 0.15) is 9.75 Å². The van der Waals surface area contributed by atoms with Gasteiger partial charge in [-0.2, -0.15) is 0 Å². The Morgan fingerprint density at radius 3 is 1.33 bits per heavy atom. The van der Waals surface area contributed by atoms with Crippen LogP contribution in [0.3, 0.4) is 0 Å². The summed E-state index contributed by atoms with van der Waals surface area (Å²) in [6.07, 6.45) is 0. The van der Waals surface area contributed by atoms with Crippen molar-refractivity contribution < 1.29 is 8.78 Å². The molecule has 0 N–H and O–H groups in total. The first-order valence-corrected chi connectivity index (χ1v) is 10.5. The molecule has 0 amide bonds. The van der Waals surface area contributed by atoms with Crippen molar-refractivity contribution >= 4 is 45.3 Å². The highest BCUT2D eigenvalue weighted by molar-refractivity contribution is 7.28. The van der Waals surface area contributed by atoms with Crippen LogP contribution in [-0.2, 0) is 0 Å². The van der Waals surface area contributed by atoms with E-state index in [0.717, 1.165) is 19.5 Å². The second kappa shape index (κ2) is 6.19. The molecule has 0 saturated heterocycles. The fourth-order valence-corrected chi connectivity index (χ4v) is 6.53. The fraction of sp³-hybridized carbons (Fsp3) is 0.111. The van der Waals surface area contributed by atoms with Crippen LogP contribution >= 0.6 is 45.3 Å². The maximum Gasteiger partial charge on any atom is 0.143 e. The lowest BCUT2D eigenvalue weighted by atomic mass is 10.3. The molecule has 0 spiro atoms. The summed E-state index contributed by atoms with van der Waals surface area (Å²) in [7, 11) is 0. The number of rotatable bonds is 3. The van der Waals surface area contributed by atoms with Crippen molar-refractivity contribution in [2.75, 3.05) is 0 Å². The third kappa shape index (κ3) is 2.88. The normalized spacial score (nSPS) is 11.3. The van der Waals surface area contributed by atoms with Crippen molar-refractivity contribution in [3.8, 4) is 29.3 Å². The molecule has 0 bridgehead atoms. The van der Waals surface area contributed by atoms with Crippen LogP contribution in [0.2, 0.25) is 0 Å². The summed E-state index contributed by atoms with van der Waals surface area (Å²) in [5, 5.41) is 0. The van der Waals surface area contributed by atoms with E-state index in [1.807, 2.05) is 38.1 Å². The highest BCUT2D eigenvalue weighted by Gasteiger charge is 2.20. The third-order valence-corrected chi connectivity index (χ3v) is 8.32. The van der Waals surface area contributed by atoms with Gasteiger partial charge in [0.05, 0.1) is 9.75 Å². The minimum atomic E-state index is -0.351. The van der Waals surface area contributed by atoms with E-state index in [4.69, 9.17) is 0 Å². The van der Waals surface area contributed by atoms with Crippen molar-refractivity contribution in [3.63, 3.8) is 0 Å². The van der Waals surface area contributed by atoms with Crippen LogP contribution in [0.4, 0.5) is 8.78 Å². The van der Waals surface area contributed by atoms with Crippen molar-refractivity contribution in [1.82, 2.24) is 0 Å². The van der Waals surface area contributed by atoms with E-state index in [9.17, 15) is 8.78 Å². The molecule has 0 nitrogen and oxygen atoms in total. The van der Waals surface area contributed by atoms with Gasteiger partial charge in [0.15, 0.2) is 0 Å². The Hall–Kier alpha value is -1.34. The van der Waals surface area contributed by atoms with Gasteiger partial charge in [-0.3, -0.25) is 0 Å². The van der Waals surface area contributed by atoms with E-state index in [-0.39, 0.29) is 11.6 Å². The number of thiophene rings is 4. The average Bonchev–Trinajstić information content (AvgIpc) is 3.27. The highest BCUT2D eigenvalue weighted by atomic mass is 32.1. The summed E-state index contributed by atoms with van der Waals surface area (Å²) in [6, 6.07) is 11.0. The van der Waals surface area contributed by atoms with Gasteiger partial charge in [0, 0.05) is 29.3 Å². The molecule has 6 heteroatoms. The topological polar surface area (TPSA) is 0 Å². The number of hydrogen-bond donors (Lipinski definition) is 0. The molecule has 0 aromatic carbocycles. The Bertz CT molecular complexity index is 933. The van der Waals surface area contributed by atoms with Gasteiger partial charge < -0.3 is 0 Å². The molecule has 0 aliphatic carbocycles. The number of halogens is 2. The van der Waals surface area contributed by atoms with Gasteiger partial charge in [-0.1, -0.05) is 0 Å². The van der Waals surface area contributed by atoms with E-state index < -0.39 is 0 Å². The van der Waals surface area contributed by atoms with Gasteiger partial charge in [-0.05, 0) is 50.2 Å². The van der Waals surface area contributed by atoms with Gasteiger partial charge in [-0.25, -0.2) is 8.78 Å². The Kier molecular flexibility index (Phi) is 4.16. The quantitative estimate of drug-likeness (QED) is 0.332. The van der Waals surface area contributed by atoms with E-state index in [1.54, 1.807) is 22.7 Å². The molecule has 122 valence electrons. The van der Waals surface area contributed by atoms with E-state index >= 15 is 0 Å². The Balaban J connectivity index is 1.77. The molecule has 4 aromatic rings. The molecule has 24 heavy (non-hydrogen) atoms. The fourth-order valence-electron chi connectivity index (χ4n) is 2.42. The molecule has 0 aliphatic heterocycles. The van der Waals surface area contributed by atoms with Crippen molar-refractivity contribution in [2.45, 2.75) is 13.8 Å². The smallest absolute Gasteiger partial charge is 0.143 e. The van der Waals surface area contributed by atoms with Crippen LogP contribution in [0, 0.1) is 25.5 Å². The maximum atomic E-state index is 14.4. The first-order chi connectivity index (χ1) is 11.5. The molecule has 4 aromatic heterocycles. The van der Waals surface area contributed by atoms with E-state index in [1.165, 1.54) is 44.6 Å². The maximum absolute atomic E-state index is 14.4. The number of aryl methyl sites for hydroxylation is 2. The molecular weight excluding hydrogens is 382 g/mol. The molecule has 0 saturated carbocycles. The minimum Gasteiger partial charge on any atom is -0.205 e. The number of hydrogen-bond acceptors (Lipinski definition) is 4. The summed E-state index contributed by atoms with van der Waals surface area (Å²) >= 11 is 5.88. The molecule has 0 unspecified atom stereocenters. The SMILES string of the molecule is Cc1ccc(-c2cc(F)c(-c3sc(-c4ccc(C)s4)cc3F)s2)s1. The van der Waals surface area contributed by atoms with Crippen LogP contribution < -0.4 is 0 Å². The molecule has 0 radical (unpaired) electrons. The van der Waals surface area contributed by atoms with Gasteiger partial charge in [0.1, 0.15) is 11.6 Å². The summed E-state index contributed by atoms with van der Waals surface area (Å²) < 4.78 is 28.9. The predicted octanol–water partition coefficient (Wildman–Crippen LogP) is 7.83. The largest absolute Gasteiger partial charge is 0.205 e. The molecule has 4 rings (SSSR count). The van der Waals surface area contributed by atoms with Crippen molar-refractivity contribution in [1.29, 1.82) is 0 Å². The summed E-state index contributed by atoms with van der Waals surface area (Å²) in [5.74, 6) is -0.702. The van der Waals surface area contributed by atoms with Crippen LogP contribution in [0.25, 0.3) is 29.3 Å². The Morgan fingerprint density at radius 1 is 0.583 bits per heavy atom. The van der Waals surface area contributed by atoms with Gasteiger partial charge >= 0.3 is 0 Å². The van der Waals surface area contributed by atoms with Crippen molar-refractivity contribution in [3.05, 3.63) is 57.8 Å². The zero-order valence-electron chi connectivity index (χ0n) is 12.9. The lowest BCUT2D eigenvalue weighted by Gasteiger charge is -1.93. The van der Waals surface area contributed by atoms with E-state index in [0.29, 0.717) is 9.75 Å². The molecular formula is C18H12F2S4. The Morgan fingerprint density at radius 2 is 1.00 bits per heavy atom. The minimum absolute atomic E-state index is 0.351. The summed E-state index contributed by atoms with van der Waals surface area (Å²) in [5.41, 5.74) is 0. The van der Waals surface area contributed by atoms with Gasteiger partial charge in [0.2, 0.25) is 0 Å².